The third-order valence-corrected chi connectivity index (χ3v) is 2.29. The highest BCUT2D eigenvalue weighted by atomic mass is 16.4. The van der Waals surface area contributed by atoms with Crippen LogP contribution >= 0.6 is 0 Å². The number of hydrogen-bond donors (Lipinski definition) is 1. The van der Waals surface area contributed by atoms with Crippen molar-refractivity contribution in [3.63, 3.8) is 0 Å². The summed E-state index contributed by atoms with van der Waals surface area (Å²) < 4.78 is 0. The van der Waals surface area contributed by atoms with E-state index >= 15 is 0 Å². The predicted octanol–water partition coefficient (Wildman–Crippen LogP) is 2.01. The first-order chi connectivity index (χ1) is 8.18. The van der Waals surface area contributed by atoms with Crippen molar-refractivity contribution >= 4 is 11.8 Å². The zero-order valence-electron chi connectivity index (χ0n) is 8.83. The molecule has 1 aromatic carbocycles. The molecule has 0 bridgehead atoms. The number of benzene rings is 1. The minimum atomic E-state index is -1.01. The monoisotopic (exact) mass is 227 g/mol. The van der Waals surface area contributed by atoms with Gasteiger partial charge < -0.3 is 5.11 Å². The van der Waals surface area contributed by atoms with Gasteiger partial charge in [0.1, 0.15) is 5.69 Å². The number of nitrogens with zero attached hydrogens (tertiary/aromatic N) is 1. The van der Waals surface area contributed by atoms with Crippen molar-refractivity contribution in [1.29, 1.82) is 0 Å². The maximum absolute atomic E-state index is 11.9. The summed E-state index contributed by atoms with van der Waals surface area (Å²) in [5.74, 6) is -1.23. The molecule has 0 aliphatic carbocycles. The molecule has 0 fully saturated rings. The van der Waals surface area contributed by atoms with Gasteiger partial charge in [0.25, 0.3) is 0 Å². The summed E-state index contributed by atoms with van der Waals surface area (Å²) in [4.78, 5) is 26.5. The topological polar surface area (TPSA) is 67.3 Å². The van der Waals surface area contributed by atoms with Crippen LogP contribution in [0.5, 0.6) is 0 Å². The maximum atomic E-state index is 11.9. The van der Waals surface area contributed by atoms with Crippen LogP contribution in [0.4, 0.5) is 0 Å². The van der Waals surface area contributed by atoms with E-state index in [1.807, 2.05) is 0 Å². The molecule has 84 valence electrons. The average molecular weight is 227 g/mol. The van der Waals surface area contributed by atoms with Crippen LogP contribution in [-0.2, 0) is 0 Å². The van der Waals surface area contributed by atoms with E-state index in [2.05, 4.69) is 4.98 Å². The fourth-order valence-corrected chi connectivity index (χ4v) is 1.41. The smallest absolute Gasteiger partial charge is 0.335 e. The molecule has 4 nitrogen and oxygen atoms in total. The van der Waals surface area contributed by atoms with E-state index in [0.29, 0.717) is 11.3 Å². The molecule has 4 heteroatoms. The first kappa shape index (κ1) is 11.0. The lowest BCUT2D eigenvalue weighted by Crippen LogP contribution is -2.04. The van der Waals surface area contributed by atoms with Gasteiger partial charge in [0.2, 0.25) is 5.78 Å². The van der Waals surface area contributed by atoms with Crippen molar-refractivity contribution in [2.24, 2.45) is 0 Å². The molecule has 0 amide bonds. The Morgan fingerprint density at radius 2 is 1.59 bits per heavy atom. The van der Waals surface area contributed by atoms with Crippen molar-refractivity contribution < 1.29 is 14.7 Å². The molecule has 0 saturated carbocycles. The summed E-state index contributed by atoms with van der Waals surface area (Å²) in [5, 5.41) is 8.73. The van der Waals surface area contributed by atoms with Crippen LogP contribution in [0.2, 0.25) is 0 Å². The van der Waals surface area contributed by atoms with E-state index in [1.165, 1.54) is 24.3 Å². The molecule has 0 aliphatic heterocycles. The number of hydrogen-bond acceptors (Lipinski definition) is 3. The molecule has 1 aromatic heterocycles. The largest absolute Gasteiger partial charge is 0.478 e. The highest BCUT2D eigenvalue weighted by molar-refractivity contribution is 6.08. The summed E-state index contributed by atoms with van der Waals surface area (Å²) in [6, 6.07) is 10.8. The molecule has 1 N–H and O–H groups in total. The molecule has 0 spiro atoms. The summed E-state index contributed by atoms with van der Waals surface area (Å²) >= 11 is 0. The van der Waals surface area contributed by atoms with E-state index in [-0.39, 0.29) is 11.3 Å². The van der Waals surface area contributed by atoms with Crippen LogP contribution in [0.15, 0.2) is 48.7 Å². The van der Waals surface area contributed by atoms with Crippen molar-refractivity contribution in [2.45, 2.75) is 0 Å². The molecule has 2 aromatic rings. The predicted molar refractivity (Wildman–Crippen MR) is 61.1 cm³/mol. The van der Waals surface area contributed by atoms with E-state index in [1.54, 1.807) is 24.4 Å². The second-order valence-corrected chi connectivity index (χ2v) is 3.43. The van der Waals surface area contributed by atoms with Gasteiger partial charge in [-0.2, -0.15) is 0 Å². The quantitative estimate of drug-likeness (QED) is 0.814. The second-order valence-electron chi connectivity index (χ2n) is 3.43. The Bertz CT molecular complexity index is 547. The van der Waals surface area contributed by atoms with Crippen molar-refractivity contribution in [3.8, 4) is 0 Å². The van der Waals surface area contributed by atoms with Crippen LogP contribution in [0.1, 0.15) is 26.4 Å². The zero-order valence-corrected chi connectivity index (χ0v) is 8.83. The normalized spacial score (nSPS) is 9.88. The molecule has 0 unspecified atom stereocenters. The van der Waals surface area contributed by atoms with Crippen LogP contribution in [-0.4, -0.2) is 21.8 Å². The van der Waals surface area contributed by atoms with Gasteiger partial charge >= 0.3 is 5.97 Å². The summed E-state index contributed by atoms with van der Waals surface area (Å²) in [7, 11) is 0. The van der Waals surface area contributed by atoms with Gasteiger partial charge in [0.15, 0.2) is 0 Å². The van der Waals surface area contributed by atoms with Crippen molar-refractivity contribution in [3.05, 3.63) is 65.5 Å². The maximum Gasteiger partial charge on any atom is 0.335 e. The Hall–Kier alpha value is -2.49. The van der Waals surface area contributed by atoms with Gasteiger partial charge in [-0.05, 0) is 24.3 Å². The number of aromatic nitrogens is 1. The number of carboxylic acids is 1. The number of ketones is 1. The van der Waals surface area contributed by atoms with Gasteiger partial charge in [-0.25, -0.2) is 4.79 Å². The van der Waals surface area contributed by atoms with Gasteiger partial charge in [0, 0.05) is 11.8 Å². The lowest BCUT2D eigenvalue weighted by molar-refractivity contribution is 0.0696. The number of rotatable bonds is 3. The van der Waals surface area contributed by atoms with E-state index < -0.39 is 5.97 Å². The third-order valence-electron chi connectivity index (χ3n) is 2.29. The second kappa shape index (κ2) is 4.57. The summed E-state index contributed by atoms with van der Waals surface area (Å²) in [6.45, 7) is 0. The minimum Gasteiger partial charge on any atom is -0.478 e. The SMILES string of the molecule is O=C(O)c1ccc(C(=O)c2ccccn2)cc1. The molecule has 0 radical (unpaired) electrons. The van der Waals surface area contributed by atoms with Gasteiger partial charge in [0.05, 0.1) is 5.56 Å². The van der Waals surface area contributed by atoms with Gasteiger partial charge in [-0.1, -0.05) is 18.2 Å². The van der Waals surface area contributed by atoms with Crippen LogP contribution in [0.3, 0.4) is 0 Å². The molecule has 17 heavy (non-hydrogen) atoms. The Kier molecular flexibility index (Phi) is 2.96. The Morgan fingerprint density at radius 3 is 2.12 bits per heavy atom. The molecular formula is C13H9NO3. The van der Waals surface area contributed by atoms with Gasteiger partial charge in [-0.15, -0.1) is 0 Å². The number of carbonyl (C=O) groups excluding carboxylic acids is 1. The third kappa shape index (κ3) is 2.36. The highest BCUT2D eigenvalue weighted by Gasteiger charge is 2.10. The Labute approximate surface area is 97.6 Å². The van der Waals surface area contributed by atoms with Crippen molar-refractivity contribution in [2.75, 3.05) is 0 Å². The molecule has 0 saturated heterocycles. The molecular weight excluding hydrogens is 218 g/mol. The van der Waals surface area contributed by atoms with Crippen LogP contribution in [0.25, 0.3) is 0 Å². The Morgan fingerprint density at radius 1 is 0.941 bits per heavy atom. The highest BCUT2D eigenvalue weighted by Crippen LogP contribution is 2.09. The summed E-state index contributed by atoms with van der Waals surface area (Å²) in [5.41, 5.74) is 0.923. The fraction of sp³-hybridized carbons (Fsp3) is 0. The summed E-state index contributed by atoms with van der Waals surface area (Å²) in [6.07, 6.45) is 1.54. The number of carboxylic acid groups (broad SMARTS) is 1. The standard InChI is InChI=1S/C13H9NO3/c15-12(11-3-1-2-8-14-11)9-4-6-10(7-5-9)13(16)17/h1-8H,(H,16,17). The number of pyridine rings is 1. The first-order valence-electron chi connectivity index (χ1n) is 4.97. The zero-order chi connectivity index (χ0) is 12.3. The van der Waals surface area contributed by atoms with Crippen molar-refractivity contribution in [1.82, 2.24) is 4.98 Å². The lowest BCUT2D eigenvalue weighted by Gasteiger charge is -2.00. The van der Waals surface area contributed by atoms with Gasteiger partial charge in [-0.3, -0.25) is 9.78 Å². The molecule has 2 rings (SSSR count). The van der Waals surface area contributed by atoms with E-state index in [9.17, 15) is 9.59 Å². The lowest BCUT2D eigenvalue weighted by atomic mass is 10.1. The molecule has 1 heterocycles. The number of aromatic carboxylic acids is 1. The first-order valence-corrected chi connectivity index (χ1v) is 4.97. The molecule has 0 atom stereocenters. The van der Waals surface area contributed by atoms with E-state index in [0.717, 1.165) is 0 Å². The Balaban J connectivity index is 2.30. The fourth-order valence-electron chi connectivity index (χ4n) is 1.41. The van der Waals surface area contributed by atoms with Crippen LogP contribution < -0.4 is 0 Å². The average Bonchev–Trinajstić information content (AvgIpc) is 2.39. The van der Waals surface area contributed by atoms with E-state index in [4.69, 9.17) is 5.11 Å². The molecule has 0 aliphatic rings. The van der Waals surface area contributed by atoms with Crippen LogP contribution in [0, 0.1) is 0 Å². The number of carbonyl (C=O) groups is 2. The minimum absolute atomic E-state index is 0.155.